The summed E-state index contributed by atoms with van der Waals surface area (Å²) in [4.78, 5) is 0. The first kappa shape index (κ1) is 13.7. The quantitative estimate of drug-likeness (QED) is 0.762. The zero-order chi connectivity index (χ0) is 15.0. The number of aryl methyl sites for hydroxylation is 2. The molecular formula is C17H16ClN3. The maximum atomic E-state index is 6.14. The van der Waals surface area contributed by atoms with Crippen molar-refractivity contribution in [3.8, 4) is 16.9 Å². The third-order valence-corrected chi connectivity index (χ3v) is 3.69. The third kappa shape index (κ3) is 2.65. The van der Waals surface area contributed by atoms with E-state index >= 15 is 0 Å². The summed E-state index contributed by atoms with van der Waals surface area (Å²) in [6.07, 6.45) is 1.82. The van der Waals surface area contributed by atoms with Gasteiger partial charge < -0.3 is 5.73 Å². The maximum absolute atomic E-state index is 6.14. The molecule has 3 nitrogen and oxygen atoms in total. The van der Waals surface area contributed by atoms with Crippen molar-refractivity contribution >= 4 is 17.3 Å². The maximum Gasteiger partial charge on any atom is 0.116 e. The van der Waals surface area contributed by atoms with E-state index in [0.29, 0.717) is 10.7 Å². The van der Waals surface area contributed by atoms with E-state index in [1.54, 1.807) is 4.68 Å². The lowest BCUT2D eigenvalue weighted by atomic mass is 10.0. The molecule has 21 heavy (non-hydrogen) atoms. The van der Waals surface area contributed by atoms with Gasteiger partial charge in [-0.05, 0) is 37.6 Å². The number of hydrogen-bond acceptors (Lipinski definition) is 2. The van der Waals surface area contributed by atoms with Crippen molar-refractivity contribution in [3.05, 3.63) is 64.8 Å². The van der Waals surface area contributed by atoms with Gasteiger partial charge >= 0.3 is 0 Å². The van der Waals surface area contributed by atoms with Crippen LogP contribution >= 0.6 is 11.6 Å². The summed E-state index contributed by atoms with van der Waals surface area (Å²) >= 11 is 6.03. The molecule has 1 heterocycles. The first-order valence-electron chi connectivity index (χ1n) is 6.73. The Bertz CT molecular complexity index is 806. The smallest absolute Gasteiger partial charge is 0.116 e. The van der Waals surface area contributed by atoms with Crippen molar-refractivity contribution in [2.75, 3.05) is 5.73 Å². The van der Waals surface area contributed by atoms with E-state index in [9.17, 15) is 0 Å². The average Bonchev–Trinajstić information content (AvgIpc) is 2.81. The molecule has 1 aromatic heterocycles. The highest BCUT2D eigenvalue weighted by molar-refractivity contribution is 6.30. The number of anilines is 1. The lowest BCUT2D eigenvalue weighted by molar-refractivity contribution is 0.884. The van der Waals surface area contributed by atoms with E-state index in [1.807, 2.05) is 30.5 Å². The van der Waals surface area contributed by atoms with Crippen LogP contribution < -0.4 is 5.73 Å². The lowest BCUT2D eigenvalue weighted by Gasteiger charge is -2.05. The molecule has 0 unspecified atom stereocenters. The van der Waals surface area contributed by atoms with Gasteiger partial charge in [-0.1, -0.05) is 41.4 Å². The van der Waals surface area contributed by atoms with Crippen LogP contribution in [0.4, 0.5) is 5.69 Å². The van der Waals surface area contributed by atoms with Crippen LogP contribution in [0.25, 0.3) is 16.9 Å². The molecule has 2 aromatic carbocycles. The molecule has 0 saturated heterocycles. The number of halogens is 1. The molecule has 0 radical (unpaired) electrons. The van der Waals surface area contributed by atoms with E-state index in [1.165, 1.54) is 5.56 Å². The second kappa shape index (κ2) is 5.26. The molecule has 0 atom stereocenters. The molecule has 0 spiro atoms. The Morgan fingerprint density at radius 1 is 1.10 bits per heavy atom. The molecule has 0 fully saturated rings. The summed E-state index contributed by atoms with van der Waals surface area (Å²) in [5.41, 5.74) is 11.9. The number of rotatable bonds is 2. The minimum atomic E-state index is 0.655. The molecule has 2 N–H and O–H groups in total. The number of nitrogens with zero attached hydrogens (tertiary/aromatic N) is 2. The number of nitrogen functional groups attached to an aromatic ring is 1. The second-order valence-electron chi connectivity index (χ2n) is 5.18. The van der Waals surface area contributed by atoms with Gasteiger partial charge in [0.25, 0.3) is 0 Å². The summed E-state index contributed by atoms with van der Waals surface area (Å²) in [5, 5.41) is 5.29. The van der Waals surface area contributed by atoms with Crippen LogP contribution in [0.5, 0.6) is 0 Å². The van der Waals surface area contributed by atoms with Gasteiger partial charge in [-0.2, -0.15) is 5.10 Å². The highest BCUT2D eigenvalue weighted by Crippen LogP contribution is 2.29. The SMILES string of the molecule is Cc1ccc(-c2nn(-c3cccc(Cl)c3)cc2N)c(C)c1. The largest absolute Gasteiger partial charge is 0.396 e. The second-order valence-corrected chi connectivity index (χ2v) is 5.61. The van der Waals surface area contributed by atoms with E-state index in [2.05, 4.69) is 37.1 Å². The Balaban J connectivity index is 2.10. The Labute approximate surface area is 129 Å². The average molecular weight is 298 g/mol. The van der Waals surface area contributed by atoms with E-state index in [4.69, 9.17) is 17.3 Å². The van der Waals surface area contributed by atoms with Crippen LogP contribution in [0.15, 0.2) is 48.7 Å². The number of hydrogen-bond donors (Lipinski definition) is 1. The molecule has 0 aliphatic heterocycles. The molecule has 0 bridgehead atoms. The Hall–Kier alpha value is -2.26. The number of benzene rings is 2. The summed E-state index contributed by atoms with van der Waals surface area (Å²) in [7, 11) is 0. The molecule has 3 aromatic rings. The molecule has 0 aliphatic carbocycles. The van der Waals surface area contributed by atoms with Gasteiger partial charge in [0.2, 0.25) is 0 Å². The standard InChI is InChI=1S/C17H16ClN3/c1-11-6-7-15(12(2)8-11)17-16(19)10-21(20-17)14-5-3-4-13(18)9-14/h3-10H,19H2,1-2H3. The monoisotopic (exact) mass is 297 g/mol. The van der Waals surface area contributed by atoms with Crippen molar-refractivity contribution in [2.24, 2.45) is 0 Å². The fourth-order valence-electron chi connectivity index (χ4n) is 2.43. The zero-order valence-corrected chi connectivity index (χ0v) is 12.7. The zero-order valence-electron chi connectivity index (χ0n) is 12.0. The highest BCUT2D eigenvalue weighted by Gasteiger charge is 2.12. The molecule has 4 heteroatoms. The van der Waals surface area contributed by atoms with Gasteiger partial charge in [0.1, 0.15) is 5.69 Å². The third-order valence-electron chi connectivity index (χ3n) is 3.45. The van der Waals surface area contributed by atoms with E-state index in [-0.39, 0.29) is 0 Å². The van der Waals surface area contributed by atoms with Gasteiger partial charge in [-0.25, -0.2) is 4.68 Å². The molecular weight excluding hydrogens is 282 g/mol. The molecule has 0 saturated carbocycles. The van der Waals surface area contributed by atoms with Crippen LogP contribution in [-0.2, 0) is 0 Å². The fraction of sp³-hybridized carbons (Fsp3) is 0.118. The van der Waals surface area contributed by atoms with Crippen molar-refractivity contribution in [3.63, 3.8) is 0 Å². The molecule has 0 aliphatic rings. The van der Waals surface area contributed by atoms with Crippen molar-refractivity contribution in [1.82, 2.24) is 9.78 Å². The Kier molecular flexibility index (Phi) is 3.43. The summed E-state index contributed by atoms with van der Waals surface area (Å²) in [6, 6.07) is 13.8. The normalized spacial score (nSPS) is 10.8. The number of nitrogens with two attached hydrogens (primary N) is 1. The van der Waals surface area contributed by atoms with Gasteiger partial charge in [0, 0.05) is 10.6 Å². The van der Waals surface area contributed by atoms with Gasteiger partial charge in [0.15, 0.2) is 0 Å². The first-order chi connectivity index (χ1) is 10.0. The molecule has 106 valence electrons. The van der Waals surface area contributed by atoms with Gasteiger partial charge in [-0.15, -0.1) is 0 Å². The predicted octanol–water partition coefficient (Wildman–Crippen LogP) is 4.39. The van der Waals surface area contributed by atoms with Crippen molar-refractivity contribution < 1.29 is 0 Å². The van der Waals surface area contributed by atoms with Crippen LogP contribution in [0.1, 0.15) is 11.1 Å². The van der Waals surface area contributed by atoms with Crippen LogP contribution in [0.2, 0.25) is 5.02 Å². The van der Waals surface area contributed by atoms with Crippen molar-refractivity contribution in [1.29, 1.82) is 0 Å². The van der Waals surface area contributed by atoms with Crippen molar-refractivity contribution in [2.45, 2.75) is 13.8 Å². The van der Waals surface area contributed by atoms with Crippen LogP contribution in [0, 0.1) is 13.8 Å². The lowest BCUT2D eigenvalue weighted by Crippen LogP contribution is -1.95. The van der Waals surface area contributed by atoms with Crippen LogP contribution in [0.3, 0.4) is 0 Å². The van der Waals surface area contributed by atoms with E-state index < -0.39 is 0 Å². The number of aromatic nitrogens is 2. The summed E-state index contributed by atoms with van der Waals surface area (Å²) < 4.78 is 1.76. The predicted molar refractivity (Wildman–Crippen MR) is 87.9 cm³/mol. The minimum Gasteiger partial charge on any atom is -0.396 e. The fourth-order valence-corrected chi connectivity index (χ4v) is 2.61. The minimum absolute atomic E-state index is 0.655. The Morgan fingerprint density at radius 2 is 1.90 bits per heavy atom. The molecule has 3 rings (SSSR count). The first-order valence-corrected chi connectivity index (χ1v) is 7.11. The van der Waals surface area contributed by atoms with E-state index in [0.717, 1.165) is 22.5 Å². The van der Waals surface area contributed by atoms with Gasteiger partial charge in [0.05, 0.1) is 17.6 Å². The molecule has 0 amide bonds. The summed E-state index contributed by atoms with van der Waals surface area (Å²) in [5.74, 6) is 0. The van der Waals surface area contributed by atoms with Gasteiger partial charge in [-0.3, -0.25) is 0 Å². The van der Waals surface area contributed by atoms with Crippen LogP contribution in [-0.4, -0.2) is 9.78 Å². The summed E-state index contributed by atoms with van der Waals surface area (Å²) in [6.45, 7) is 4.14. The Morgan fingerprint density at radius 3 is 2.62 bits per heavy atom. The highest BCUT2D eigenvalue weighted by atomic mass is 35.5. The topological polar surface area (TPSA) is 43.8 Å².